The highest BCUT2D eigenvalue weighted by Gasteiger charge is 2.25. The fourth-order valence-corrected chi connectivity index (χ4v) is 3.34. The number of carbonyl (C=O) groups is 1. The van der Waals surface area contributed by atoms with Crippen molar-refractivity contribution in [1.82, 2.24) is 4.90 Å². The van der Waals surface area contributed by atoms with Crippen molar-refractivity contribution in [3.63, 3.8) is 0 Å². The number of nitrogens with one attached hydrogen (secondary N) is 1. The van der Waals surface area contributed by atoms with Crippen LogP contribution in [0.5, 0.6) is 0 Å². The van der Waals surface area contributed by atoms with E-state index in [-0.39, 0.29) is 12.1 Å². The zero-order valence-corrected chi connectivity index (χ0v) is 14.5. The summed E-state index contributed by atoms with van der Waals surface area (Å²) in [5.41, 5.74) is 1.91. The summed E-state index contributed by atoms with van der Waals surface area (Å²) in [6, 6.07) is 7.88. The lowest BCUT2D eigenvalue weighted by molar-refractivity contribution is 0.0657. The maximum absolute atomic E-state index is 12.3. The van der Waals surface area contributed by atoms with Gasteiger partial charge in [0.2, 0.25) is 0 Å². The highest BCUT2D eigenvalue weighted by atomic mass is 32.2. The van der Waals surface area contributed by atoms with Gasteiger partial charge in [-0.15, -0.1) is 0 Å². The lowest BCUT2D eigenvalue weighted by Crippen LogP contribution is -2.33. The van der Waals surface area contributed by atoms with Crippen molar-refractivity contribution in [2.24, 2.45) is 5.92 Å². The molecule has 2 rings (SSSR count). The van der Waals surface area contributed by atoms with Crippen molar-refractivity contribution < 1.29 is 9.53 Å². The molecule has 1 aliphatic rings. The molecular weight excluding hydrogens is 296 g/mol. The first kappa shape index (κ1) is 17.2. The van der Waals surface area contributed by atoms with Crippen LogP contribution in [0.4, 0.5) is 10.5 Å². The molecule has 1 saturated heterocycles. The highest BCUT2D eigenvalue weighted by Crippen LogP contribution is 2.21. The van der Waals surface area contributed by atoms with Crippen LogP contribution in [0.15, 0.2) is 24.3 Å². The minimum absolute atomic E-state index is 0.00512. The maximum Gasteiger partial charge on any atom is 0.321 e. The Morgan fingerprint density at radius 2 is 2.32 bits per heavy atom. The lowest BCUT2D eigenvalue weighted by atomic mass is 10.2. The van der Waals surface area contributed by atoms with E-state index < -0.39 is 0 Å². The van der Waals surface area contributed by atoms with Crippen LogP contribution in [0, 0.1) is 5.92 Å². The van der Waals surface area contributed by atoms with E-state index >= 15 is 0 Å². The van der Waals surface area contributed by atoms with Gasteiger partial charge >= 0.3 is 6.03 Å². The second-order valence-corrected chi connectivity index (χ2v) is 6.96. The molecule has 0 bridgehead atoms. The van der Waals surface area contributed by atoms with Gasteiger partial charge in [-0.2, -0.15) is 11.8 Å². The average molecular weight is 322 g/mol. The minimum atomic E-state index is 0.00512. The summed E-state index contributed by atoms with van der Waals surface area (Å²) in [5, 5.41) is 3.00. The van der Waals surface area contributed by atoms with E-state index in [1.807, 2.05) is 54.8 Å². The van der Waals surface area contributed by atoms with Gasteiger partial charge in [-0.3, -0.25) is 0 Å². The van der Waals surface area contributed by atoms with Gasteiger partial charge in [-0.05, 0) is 55.9 Å². The number of thioether (sulfide) groups is 1. The second kappa shape index (κ2) is 8.44. The topological polar surface area (TPSA) is 41.6 Å². The first-order valence-electron chi connectivity index (χ1n) is 7.84. The van der Waals surface area contributed by atoms with Gasteiger partial charge in [0, 0.05) is 18.8 Å². The Hall–Kier alpha value is -1.20. The third kappa shape index (κ3) is 5.21. The summed E-state index contributed by atoms with van der Waals surface area (Å²) < 4.78 is 5.60. The lowest BCUT2D eigenvalue weighted by Gasteiger charge is -2.18. The summed E-state index contributed by atoms with van der Waals surface area (Å²) in [4.78, 5) is 14.2. The molecule has 0 saturated carbocycles. The number of hydrogen-bond acceptors (Lipinski definition) is 3. The Bertz CT molecular complexity index is 493. The van der Waals surface area contributed by atoms with Crippen LogP contribution in [0.25, 0.3) is 0 Å². The molecule has 4 nitrogen and oxygen atoms in total. The molecule has 1 aliphatic heterocycles. The van der Waals surface area contributed by atoms with Gasteiger partial charge in [0.15, 0.2) is 0 Å². The Labute approximate surface area is 137 Å². The molecule has 122 valence electrons. The molecule has 0 aliphatic carbocycles. The van der Waals surface area contributed by atoms with E-state index in [4.69, 9.17) is 4.74 Å². The number of benzene rings is 1. The number of carbonyl (C=O) groups excluding carboxylic acids is 1. The Balaban J connectivity index is 1.87. The SMILES string of the molecule is CSC[C@@H]1CCN(C(=O)Nc2cccc(COC(C)C)c2)C1. The summed E-state index contributed by atoms with van der Waals surface area (Å²) in [6.07, 6.45) is 3.43. The fourth-order valence-electron chi connectivity index (χ4n) is 2.59. The standard InChI is InChI=1S/C17H26N2O2S/c1-13(2)21-11-14-5-4-6-16(9-14)18-17(20)19-8-7-15(10-19)12-22-3/h4-6,9,13,15H,7-8,10-12H2,1-3H3,(H,18,20)/t15-/m1/s1. The number of nitrogens with zero attached hydrogens (tertiary/aromatic N) is 1. The first-order valence-corrected chi connectivity index (χ1v) is 9.23. The predicted molar refractivity (Wildman–Crippen MR) is 93.4 cm³/mol. The van der Waals surface area contributed by atoms with Crippen LogP contribution in [0.3, 0.4) is 0 Å². The molecule has 1 heterocycles. The molecule has 0 unspecified atom stereocenters. The monoisotopic (exact) mass is 322 g/mol. The molecule has 0 spiro atoms. The molecule has 1 aromatic carbocycles. The summed E-state index contributed by atoms with van der Waals surface area (Å²) in [6.45, 7) is 6.32. The second-order valence-electron chi connectivity index (χ2n) is 6.05. The molecule has 1 atom stereocenters. The average Bonchev–Trinajstić information content (AvgIpc) is 2.95. The van der Waals surface area contributed by atoms with Crippen LogP contribution in [-0.2, 0) is 11.3 Å². The molecule has 0 radical (unpaired) electrons. The van der Waals surface area contributed by atoms with E-state index in [2.05, 4.69) is 11.6 Å². The fraction of sp³-hybridized carbons (Fsp3) is 0.588. The molecule has 2 amide bonds. The number of ether oxygens (including phenoxy) is 1. The van der Waals surface area contributed by atoms with Crippen molar-refractivity contribution in [2.45, 2.75) is 33.0 Å². The third-order valence-corrected chi connectivity index (χ3v) is 4.54. The Morgan fingerprint density at radius 3 is 3.05 bits per heavy atom. The molecule has 1 fully saturated rings. The molecule has 1 aromatic rings. The maximum atomic E-state index is 12.3. The summed E-state index contributed by atoms with van der Waals surface area (Å²) >= 11 is 1.85. The van der Waals surface area contributed by atoms with E-state index in [1.54, 1.807) is 0 Å². The normalized spacial score (nSPS) is 18.0. The van der Waals surface area contributed by atoms with Crippen LogP contribution in [0.1, 0.15) is 25.8 Å². The van der Waals surface area contributed by atoms with Gasteiger partial charge < -0.3 is 15.0 Å². The predicted octanol–water partition coefficient (Wildman–Crippen LogP) is 3.83. The number of hydrogen-bond donors (Lipinski definition) is 1. The number of amides is 2. The molecule has 5 heteroatoms. The van der Waals surface area contributed by atoms with Crippen LogP contribution >= 0.6 is 11.8 Å². The largest absolute Gasteiger partial charge is 0.374 e. The zero-order chi connectivity index (χ0) is 15.9. The minimum Gasteiger partial charge on any atom is -0.374 e. The van der Waals surface area contributed by atoms with Crippen molar-refractivity contribution in [3.05, 3.63) is 29.8 Å². The summed E-state index contributed by atoms with van der Waals surface area (Å²) in [7, 11) is 0. The number of likely N-dealkylation sites (tertiary alicyclic amines) is 1. The molecule has 0 aromatic heterocycles. The highest BCUT2D eigenvalue weighted by molar-refractivity contribution is 7.98. The van der Waals surface area contributed by atoms with E-state index in [9.17, 15) is 4.79 Å². The van der Waals surface area contributed by atoms with Gasteiger partial charge in [-0.1, -0.05) is 12.1 Å². The van der Waals surface area contributed by atoms with Crippen LogP contribution < -0.4 is 5.32 Å². The third-order valence-electron chi connectivity index (χ3n) is 3.74. The zero-order valence-electron chi connectivity index (χ0n) is 13.7. The van der Waals surface area contributed by atoms with Crippen LogP contribution in [0.2, 0.25) is 0 Å². The Morgan fingerprint density at radius 1 is 1.50 bits per heavy atom. The summed E-state index contributed by atoms with van der Waals surface area (Å²) in [5.74, 6) is 1.76. The van der Waals surface area contributed by atoms with Gasteiger partial charge in [0.25, 0.3) is 0 Å². The number of rotatable bonds is 6. The van der Waals surface area contributed by atoms with Crippen molar-refractivity contribution in [2.75, 3.05) is 30.4 Å². The number of anilines is 1. The molecule has 22 heavy (non-hydrogen) atoms. The van der Waals surface area contributed by atoms with E-state index in [0.29, 0.717) is 12.5 Å². The van der Waals surface area contributed by atoms with E-state index in [0.717, 1.165) is 36.5 Å². The van der Waals surface area contributed by atoms with Gasteiger partial charge in [0.05, 0.1) is 12.7 Å². The van der Waals surface area contributed by atoms with Gasteiger partial charge in [-0.25, -0.2) is 4.79 Å². The molecular formula is C17H26N2O2S. The molecule has 1 N–H and O–H groups in total. The van der Waals surface area contributed by atoms with Crippen molar-refractivity contribution in [3.8, 4) is 0 Å². The number of urea groups is 1. The van der Waals surface area contributed by atoms with Crippen molar-refractivity contribution in [1.29, 1.82) is 0 Å². The smallest absolute Gasteiger partial charge is 0.321 e. The quantitative estimate of drug-likeness (QED) is 0.865. The van der Waals surface area contributed by atoms with Crippen LogP contribution in [-0.4, -0.2) is 42.1 Å². The van der Waals surface area contributed by atoms with Gasteiger partial charge in [0.1, 0.15) is 0 Å². The Kier molecular flexibility index (Phi) is 6.58. The van der Waals surface area contributed by atoms with Crippen molar-refractivity contribution >= 4 is 23.5 Å². The first-order chi connectivity index (χ1) is 10.6. The van der Waals surface area contributed by atoms with E-state index in [1.165, 1.54) is 0 Å².